The molecule has 0 heterocycles. The summed E-state index contributed by atoms with van der Waals surface area (Å²) in [5.41, 5.74) is 0. The molecule has 2 aromatic rings. The van der Waals surface area contributed by atoms with Crippen LogP contribution >= 0.6 is 0 Å². The highest BCUT2D eigenvalue weighted by molar-refractivity contribution is 7.89. The monoisotopic (exact) mass is 279 g/mol. The molecule has 0 radical (unpaired) electrons. The molecule has 0 aromatic heterocycles. The average molecular weight is 279 g/mol. The average Bonchev–Trinajstić information content (AvgIpc) is 2.39. The van der Waals surface area contributed by atoms with Gasteiger partial charge in [0.15, 0.2) is 0 Å². The first-order valence-electron chi connectivity index (χ1n) is 5.44. The van der Waals surface area contributed by atoms with Gasteiger partial charge >= 0.3 is 0 Å². The van der Waals surface area contributed by atoms with Crippen LogP contribution < -0.4 is 14.6 Å². The number of sulfonamides is 1. The van der Waals surface area contributed by atoms with E-state index in [1.807, 2.05) is 0 Å². The normalized spacial score (nSPS) is 11.1. The van der Waals surface area contributed by atoms with Gasteiger partial charge in [0, 0.05) is 0 Å². The SMILES string of the molecule is COc1ccc(Oc2ccc(S(N)(=O)=O)cc2)cc1. The molecule has 0 aliphatic carbocycles. The minimum Gasteiger partial charge on any atom is -0.497 e. The molecule has 0 spiro atoms. The molecule has 2 rings (SSSR count). The number of hydrogen-bond acceptors (Lipinski definition) is 4. The summed E-state index contributed by atoms with van der Waals surface area (Å²) in [6.07, 6.45) is 0. The van der Waals surface area contributed by atoms with Gasteiger partial charge in [-0.15, -0.1) is 0 Å². The maximum absolute atomic E-state index is 11.1. The Labute approximate surface area is 111 Å². The fraction of sp³-hybridized carbons (Fsp3) is 0.0769. The van der Waals surface area contributed by atoms with Crippen molar-refractivity contribution < 1.29 is 17.9 Å². The molecule has 0 atom stereocenters. The van der Waals surface area contributed by atoms with Crippen molar-refractivity contribution >= 4 is 10.0 Å². The van der Waals surface area contributed by atoms with Gasteiger partial charge in [0.25, 0.3) is 0 Å². The molecule has 2 N–H and O–H groups in total. The molecule has 0 fully saturated rings. The van der Waals surface area contributed by atoms with Crippen LogP contribution in [0.1, 0.15) is 0 Å². The van der Waals surface area contributed by atoms with Gasteiger partial charge in [0.1, 0.15) is 17.2 Å². The second kappa shape index (κ2) is 5.29. The minimum atomic E-state index is -3.67. The van der Waals surface area contributed by atoms with Crippen LogP contribution in [-0.2, 0) is 10.0 Å². The third-order valence-electron chi connectivity index (χ3n) is 2.45. The Hall–Kier alpha value is -2.05. The van der Waals surface area contributed by atoms with Gasteiger partial charge in [-0.3, -0.25) is 0 Å². The fourth-order valence-corrected chi connectivity index (χ4v) is 1.99. The molecule has 0 saturated heterocycles. The molecular formula is C13H13NO4S. The van der Waals surface area contributed by atoms with E-state index in [0.717, 1.165) is 5.75 Å². The Morgan fingerprint density at radius 1 is 0.842 bits per heavy atom. The lowest BCUT2D eigenvalue weighted by atomic mass is 10.3. The molecule has 5 nitrogen and oxygen atoms in total. The molecule has 0 unspecified atom stereocenters. The first-order valence-corrected chi connectivity index (χ1v) is 6.98. The number of methoxy groups -OCH3 is 1. The van der Waals surface area contributed by atoms with Crippen molar-refractivity contribution in [1.29, 1.82) is 0 Å². The van der Waals surface area contributed by atoms with Crippen molar-refractivity contribution in [1.82, 2.24) is 0 Å². The van der Waals surface area contributed by atoms with E-state index >= 15 is 0 Å². The summed E-state index contributed by atoms with van der Waals surface area (Å²) in [5, 5.41) is 5.01. The second-order valence-corrected chi connectivity index (χ2v) is 5.36. The predicted molar refractivity (Wildman–Crippen MR) is 70.9 cm³/mol. The molecule has 2 aromatic carbocycles. The van der Waals surface area contributed by atoms with Gasteiger partial charge in [-0.05, 0) is 48.5 Å². The third-order valence-corrected chi connectivity index (χ3v) is 3.38. The largest absolute Gasteiger partial charge is 0.497 e. The van der Waals surface area contributed by atoms with Crippen molar-refractivity contribution in [2.24, 2.45) is 5.14 Å². The lowest BCUT2D eigenvalue weighted by Gasteiger charge is -2.07. The zero-order chi connectivity index (χ0) is 13.9. The molecule has 6 heteroatoms. The van der Waals surface area contributed by atoms with E-state index in [2.05, 4.69) is 0 Å². The molecule has 0 aliphatic rings. The summed E-state index contributed by atoms with van der Waals surface area (Å²) in [6.45, 7) is 0. The van der Waals surface area contributed by atoms with Crippen molar-refractivity contribution in [2.75, 3.05) is 7.11 Å². The Kier molecular flexibility index (Phi) is 3.73. The van der Waals surface area contributed by atoms with E-state index in [9.17, 15) is 8.42 Å². The van der Waals surface area contributed by atoms with Crippen LogP contribution in [0.2, 0.25) is 0 Å². The lowest BCUT2D eigenvalue weighted by Crippen LogP contribution is -2.11. The summed E-state index contributed by atoms with van der Waals surface area (Å²) >= 11 is 0. The van der Waals surface area contributed by atoms with Crippen LogP contribution in [0.5, 0.6) is 17.2 Å². The predicted octanol–water partition coefficient (Wildman–Crippen LogP) is 2.13. The molecule has 100 valence electrons. The first kappa shape index (κ1) is 13.4. The fourth-order valence-electron chi connectivity index (χ4n) is 1.48. The number of hydrogen-bond donors (Lipinski definition) is 1. The van der Waals surface area contributed by atoms with Gasteiger partial charge in [-0.1, -0.05) is 0 Å². The van der Waals surface area contributed by atoms with Gasteiger partial charge < -0.3 is 9.47 Å². The highest BCUT2D eigenvalue weighted by atomic mass is 32.2. The summed E-state index contributed by atoms with van der Waals surface area (Å²) in [5.74, 6) is 1.89. The second-order valence-electron chi connectivity index (χ2n) is 3.79. The Bertz CT molecular complexity index is 648. The molecule has 0 saturated carbocycles. The number of rotatable bonds is 4. The highest BCUT2D eigenvalue weighted by Crippen LogP contribution is 2.24. The topological polar surface area (TPSA) is 78.6 Å². The van der Waals surface area contributed by atoms with Gasteiger partial charge in [0.05, 0.1) is 12.0 Å². The smallest absolute Gasteiger partial charge is 0.238 e. The summed E-state index contributed by atoms with van der Waals surface area (Å²) in [4.78, 5) is 0.0505. The number of nitrogens with two attached hydrogens (primary N) is 1. The Morgan fingerprint density at radius 3 is 1.68 bits per heavy atom. The van der Waals surface area contributed by atoms with Crippen molar-refractivity contribution in [2.45, 2.75) is 4.90 Å². The minimum absolute atomic E-state index is 0.0505. The van der Waals surface area contributed by atoms with E-state index in [0.29, 0.717) is 11.5 Å². The van der Waals surface area contributed by atoms with Gasteiger partial charge in [-0.25, -0.2) is 13.6 Å². The standard InChI is InChI=1S/C13H13NO4S/c1-17-10-2-4-11(5-3-10)18-12-6-8-13(9-7-12)19(14,15)16/h2-9H,1H3,(H2,14,15,16). The summed E-state index contributed by atoms with van der Waals surface area (Å²) < 4.78 is 32.8. The van der Waals surface area contributed by atoms with E-state index in [1.54, 1.807) is 43.5 Å². The molecule has 0 bridgehead atoms. The first-order chi connectivity index (χ1) is 8.99. The van der Waals surface area contributed by atoms with Gasteiger partial charge in [0.2, 0.25) is 10.0 Å². The van der Waals surface area contributed by atoms with Crippen LogP contribution in [-0.4, -0.2) is 15.5 Å². The summed E-state index contributed by atoms with van der Waals surface area (Å²) in [6, 6.07) is 12.9. The number of benzene rings is 2. The number of ether oxygens (including phenoxy) is 2. The van der Waals surface area contributed by atoms with Gasteiger partial charge in [-0.2, -0.15) is 0 Å². The van der Waals surface area contributed by atoms with Crippen LogP contribution in [0, 0.1) is 0 Å². The van der Waals surface area contributed by atoms with E-state index in [1.165, 1.54) is 12.1 Å². The number of primary sulfonamides is 1. The lowest BCUT2D eigenvalue weighted by molar-refractivity contribution is 0.413. The van der Waals surface area contributed by atoms with E-state index in [-0.39, 0.29) is 4.90 Å². The zero-order valence-electron chi connectivity index (χ0n) is 10.2. The molecule has 0 amide bonds. The van der Waals surface area contributed by atoms with E-state index in [4.69, 9.17) is 14.6 Å². The quantitative estimate of drug-likeness (QED) is 0.930. The highest BCUT2D eigenvalue weighted by Gasteiger charge is 2.07. The van der Waals surface area contributed by atoms with Crippen molar-refractivity contribution in [3.8, 4) is 17.2 Å². The molecule has 0 aliphatic heterocycles. The maximum Gasteiger partial charge on any atom is 0.238 e. The maximum atomic E-state index is 11.1. The van der Waals surface area contributed by atoms with Crippen LogP contribution in [0.4, 0.5) is 0 Å². The summed E-state index contributed by atoms with van der Waals surface area (Å²) in [7, 11) is -2.09. The Morgan fingerprint density at radius 2 is 1.26 bits per heavy atom. The Balaban J connectivity index is 2.15. The van der Waals surface area contributed by atoms with Crippen molar-refractivity contribution in [3.63, 3.8) is 0 Å². The zero-order valence-corrected chi connectivity index (χ0v) is 11.1. The van der Waals surface area contributed by atoms with E-state index < -0.39 is 10.0 Å². The molecular weight excluding hydrogens is 266 g/mol. The van der Waals surface area contributed by atoms with Crippen LogP contribution in [0.25, 0.3) is 0 Å². The van der Waals surface area contributed by atoms with Crippen LogP contribution in [0.3, 0.4) is 0 Å². The third kappa shape index (κ3) is 3.46. The van der Waals surface area contributed by atoms with Crippen molar-refractivity contribution in [3.05, 3.63) is 48.5 Å². The molecule has 19 heavy (non-hydrogen) atoms. The van der Waals surface area contributed by atoms with Crippen LogP contribution in [0.15, 0.2) is 53.4 Å².